The van der Waals surface area contributed by atoms with Crippen molar-refractivity contribution in [1.29, 1.82) is 0 Å². The number of benzene rings is 1. The first-order chi connectivity index (χ1) is 7.67. The zero-order valence-electron chi connectivity index (χ0n) is 9.77. The summed E-state index contributed by atoms with van der Waals surface area (Å²) in [6, 6.07) is 7.69. The van der Waals surface area contributed by atoms with E-state index in [0.29, 0.717) is 6.42 Å². The Hall–Kier alpha value is -1.35. The van der Waals surface area contributed by atoms with Crippen LogP contribution in [0, 0.1) is 5.92 Å². The van der Waals surface area contributed by atoms with Crippen LogP contribution in [0.4, 0.5) is 0 Å². The number of hydrogen-bond donors (Lipinski definition) is 1. The Balaban J connectivity index is 2.55. The van der Waals surface area contributed by atoms with Gasteiger partial charge in [0.05, 0.1) is 7.11 Å². The molecule has 0 fully saturated rings. The topological polar surface area (TPSA) is 46.5 Å². The van der Waals surface area contributed by atoms with Gasteiger partial charge in [0.25, 0.3) is 0 Å². The van der Waals surface area contributed by atoms with Crippen molar-refractivity contribution in [2.24, 2.45) is 5.92 Å². The maximum absolute atomic E-state index is 11.5. The van der Waals surface area contributed by atoms with Crippen molar-refractivity contribution in [2.45, 2.75) is 19.8 Å². The first-order valence-corrected chi connectivity index (χ1v) is 5.44. The molecule has 3 nitrogen and oxygen atoms in total. The lowest BCUT2D eigenvalue weighted by atomic mass is 9.95. The molecule has 1 atom stereocenters. The number of aliphatic hydroxyl groups is 1. The lowest BCUT2D eigenvalue weighted by Crippen LogP contribution is -2.14. The zero-order valence-corrected chi connectivity index (χ0v) is 9.77. The molecule has 16 heavy (non-hydrogen) atoms. The van der Waals surface area contributed by atoms with E-state index in [1.165, 1.54) is 0 Å². The lowest BCUT2D eigenvalue weighted by Gasteiger charge is -2.10. The molecular weight excluding hydrogens is 204 g/mol. The summed E-state index contributed by atoms with van der Waals surface area (Å²) in [5.41, 5.74) is 1.11. The van der Waals surface area contributed by atoms with Gasteiger partial charge in [0.2, 0.25) is 0 Å². The first-order valence-electron chi connectivity index (χ1n) is 5.44. The fourth-order valence-electron chi connectivity index (χ4n) is 1.59. The highest BCUT2D eigenvalue weighted by Crippen LogP contribution is 2.15. The van der Waals surface area contributed by atoms with Crippen molar-refractivity contribution in [1.82, 2.24) is 0 Å². The minimum atomic E-state index is -0.0637. The van der Waals surface area contributed by atoms with Gasteiger partial charge in [-0.1, -0.05) is 19.1 Å². The summed E-state index contributed by atoms with van der Waals surface area (Å²) in [4.78, 5) is 11.5. The van der Waals surface area contributed by atoms with E-state index in [2.05, 4.69) is 0 Å². The number of ketones is 1. The number of methoxy groups -OCH3 is 1. The van der Waals surface area contributed by atoms with Crippen molar-refractivity contribution in [3.8, 4) is 5.75 Å². The largest absolute Gasteiger partial charge is 0.497 e. The molecule has 0 saturated heterocycles. The molecule has 1 aromatic rings. The third-order valence-corrected chi connectivity index (χ3v) is 2.61. The van der Waals surface area contributed by atoms with Crippen LogP contribution < -0.4 is 4.74 Å². The van der Waals surface area contributed by atoms with Crippen LogP contribution in [0.5, 0.6) is 5.75 Å². The number of carbonyl (C=O) groups is 1. The number of carbonyl (C=O) groups excluding carboxylic acids is 1. The Bertz CT molecular complexity index is 330. The van der Waals surface area contributed by atoms with Crippen LogP contribution in [0.1, 0.15) is 18.9 Å². The van der Waals surface area contributed by atoms with Gasteiger partial charge < -0.3 is 9.84 Å². The van der Waals surface area contributed by atoms with E-state index in [9.17, 15) is 4.79 Å². The third kappa shape index (κ3) is 3.66. The van der Waals surface area contributed by atoms with Gasteiger partial charge in [0.15, 0.2) is 0 Å². The smallest absolute Gasteiger partial charge is 0.138 e. The van der Waals surface area contributed by atoms with Gasteiger partial charge in [-0.05, 0) is 24.1 Å². The minimum absolute atomic E-state index is 0.0412. The van der Waals surface area contributed by atoms with Crippen LogP contribution in [0.3, 0.4) is 0 Å². The molecule has 1 unspecified atom stereocenters. The minimum Gasteiger partial charge on any atom is -0.497 e. The van der Waals surface area contributed by atoms with Crippen LogP contribution in [0.2, 0.25) is 0 Å². The molecular formula is C13H18O3. The van der Waals surface area contributed by atoms with Crippen molar-refractivity contribution in [3.05, 3.63) is 29.8 Å². The van der Waals surface area contributed by atoms with Gasteiger partial charge in [-0.3, -0.25) is 4.79 Å². The number of Topliss-reactive ketones (excluding diaryl/α,β-unsaturated/α-hetero) is 1. The summed E-state index contributed by atoms with van der Waals surface area (Å²) in [7, 11) is 1.63. The average molecular weight is 222 g/mol. The highest BCUT2D eigenvalue weighted by Gasteiger charge is 2.12. The zero-order chi connectivity index (χ0) is 12.0. The molecule has 0 heterocycles. The molecule has 3 heteroatoms. The van der Waals surface area contributed by atoms with Crippen molar-refractivity contribution in [3.63, 3.8) is 0 Å². The van der Waals surface area contributed by atoms with Gasteiger partial charge in [-0.25, -0.2) is 0 Å². The molecule has 1 rings (SSSR count). The summed E-state index contributed by atoms with van der Waals surface area (Å²) < 4.78 is 5.06. The molecule has 0 aliphatic heterocycles. The van der Waals surface area contributed by atoms with E-state index >= 15 is 0 Å². The first kappa shape index (κ1) is 12.7. The third-order valence-electron chi connectivity index (χ3n) is 2.61. The standard InChI is InChI=1S/C13H18O3/c1-10(13(15)7-8-14)9-11-3-5-12(16-2)6-4-11/h3-6,10,14H,7-9H2,1-2H3. The second-order valence-corrected chi connectivity index (χ2v) is 3.89. The van der Waals surface area contributed by atoms with Crippen LogP contribution >= 0.6 is 0 Å². The number of hydrogen-bond acceptors (Lipinski definition) is 3. The maximum atomic E-state index is 11.5. The van der Waals surface area contributed by atoms with Crippen LogP contribution in [0.25, 0.3) is 0 Å². The van der Waals surface area contributed by atoms with Gasteiger partial charge in [-0.2, -0.15) is 0 Å². The molecule has 0 amide bonds. The number of ether oxygens (including phenoxy) is 1. The van der Waals surface area contributed by atoms with E-state index in [1.54, 1.807) is 7.11 Å². The highest BCUT2D eigenvalue weighted by atomic mass is 16.5. The van der Waals surface area contributed by atoms with Crippen molar-refractivity contribution in [2.75, 3.05) is 13.7 Å². The Kier molecular flexibility index (Phi) is 4.99. The predicted octanol–water partition coefficient (Wildman–Crippen LogP) is 1.83. The van der Waals surface area contributed by atoms with Crippen LogP contribution in [-0.2, 0) is 11.2 Å². The molecule has 0 aromatic heterocycles. The summed E-state index contributed by atoms with van der Waals surface area (Å²) >= 11 is 0. The van der Waals surface area contributed by atoms with E-state index in [4.69, 9.17) is 9.84 Å². The van der Waals surface area contributed by atoms with Gasteiger partial charge in [0, 0.05) is 18.9 Å². The summed E-state index contributed by atoms with van der Waals surface area (Å²) in [5, 5.41) is 8.68. The normalized spacial score (nSPS) is 12.2. The highest BCUT2D eigenvalue weighted by molar-refractivity contribution is 5.80. The summed E-state index contributed by atoms with van der Waals surface area (Å²) in [6.45, 7) is 1.83. The lowest BCUT2D eigenvalue weighted by molar-refractivity contribution is -0.122. The maximum Gasteiger partial charge on any atom is 0.138 e. The Morgan fingerprint density at radius 2 is 2.00 bits per heavy atom. The van der Waals surface area contributed by atoms with E-state index < -0.39 is 0 Å². The molecule has 1 N–H and O–H groups in total. The molecule has 0 bridgehead atoms. The van der Waals surface area contributed by atoms with E-state index in [1.807, 2.05) is 31.2 Å². The fraction of sp³-hybridized carbons (Fsp3) is 0.462. The Morgan fingerprint density at radius 3 is 2.50 bits per heavy atom. The summed E-state index contributed by atoms with van der Waals surface area (Å²) in [6.07, 6.45) is 0.958. The molecule has 0 spiro atoms. The molecule has 0 aliphatic rings. The fourth-order valence-corrected chi connectivity index (χ4v) is 1.59. The Morgan fingerprint density at radius 1 is 1.38 bits per heavy atom. The average Bonchev–Trinajstić information content (AvgIpc) is 2.30. The summed E-state index contributed by atoms with van der Waals surface area (Å²) in [5.74, 6) is 0.886. The van der Waals surface area contributed by atoms with Crippen LogP contribution in [0.15, 0.2) is 24.3 Å². The second kappa shape index (κ2) is 6.28. The molecule has 0 saturated carbocycles. The van der Waals surface area contributed by atoms with Crippen LogP contribution in [-0.4, -0.2) is 24.6 Å². The Labute approximate surface area is 96.1 Å². The van der Waals surface area contributed by atoms with Gasteiger partial charge in [-0.15, -0.1) is 0 Å². The molecule has 0 radical (unpaired) electrons. The van der Waals surface area contributed by atoms with E-state index in [0.717, 1.165) is 11.3 Å². The molecule has 88 valence electrons. The van der Waals surface area contributed by atoms with Gasteiger partial charge in [0.1, 0.15) is 11.5 Å². The van der Waals surface area contributed by atoms with Crippen molar-refractivity contribution < 1.29 is 14.6 Å². The quantitative estimate of drug-likeness (QED) is 0.798. The monoisotopic (exact) mass is 222 g/mol. The van der Waals surface area contributed by atoms with Gasteiger partial charge >= 0.3 is 0 Å². The van der Waals surface area contributed by atoms with E-state index in [-0.39, 0.29) is 24.7 Å². The van der Waals surface area contributed by atoms with Crippen molar-refractivity contribution >= 4 is 5.78 Å². The molecule has 1 aromatic carbocycles. The predicted molar refractivity (Wildman–Crippen MR) is 62.6 cm³/mol. The molecule has 0 aliphatic carbocycles. The SMILES string of the molecule is COc1ccc(CC(C)C(=O)CCO)cc1. The number of rotatable bonds is 6. The number of aliphatic hydroxyl groups excluding tert-OH is 1. The second-order valence-electron chi connectivity index (χ2n) is 3.89.